The maximum atomic E-state index is 11.3. The van der Waals surface area contributed by atoms with E-state index in [4.69, 9.17) is 22.1 Å². The normalized spacial score (nSPS) is 13.3. The quantitative estimate of drug-likeness (QED) is 0.762. The van der Waals surface area contributed by atoms with Crippen molar-refractivity contribution in [2.75, 3.05) is 23.0 Å². The van der Waals surface area contributed by atoms with Crippen molar-refractivity contribution in [2.45, 2.75) is 6.54 Å². The van der Waals surface area contributed by atoms with Crippen LogP contribution in [-0.4, -0.2) is 12.5 Å². The summed E-state index contributed by atoms with van der Waals surface area (Å²) >= 11 is 7.40. The summed E-state index contributed by atoms with van der Waals surface area (Å²) in [6, 6.07) is 7.29. The van der Waals surface area contributed by atoms with Crippen molar-refractivity contribution in [1.29, 1.82) is 0 Å². The van der Waals surface area contributed by atoms with Gasteiger partial charge in [0.25, 0.3) is 5.91 Å². The van der Waals surface area contributed by atoms with Crippen LogP contribution in [-0.2, 0) is 11.3 Å². The van der Waals surface area contributed by atoms with Crippen molar-refractivity contribution in [3.05, 3.63) is 33.5 Å². The van der Waals surface area contributed by atoms with Crippen LogP contribution < -0.4 is 21.1 Å². The molecular weight excluding hydrogens is 298 g/mol. The molecule has 0 fully saturated rings. The standard InChI is InChI=1S/C13H12ClN3O2S/c14-12-2-1-7(20-12)5-16-9-4-10-11(3-8(9)15)19-6-13(18)17-10/h1-4,16H,5-6,15H2,(H,17,18). The van der Waals surface area contributed by atoms with Crippen LogP contribution in [0, 0.1) is 0 Å². The van der Waals surface area contributed by atoms with E-state index in [-0.39, 0.29) is 12.5 Å². The minimum absolute atomic E-state index is 0.0207. The number of anilines is 3. The highest BCUT2D eigenvalue weighted by Gasteiger charge is 2.17. The van der Waals surface area contributed by atoms with Gasteiger partial charge in [0.05, 0.1) is 21.4 Å². The number of rotatable bonds is 3. The Morgan fingerprint density at radius 2 is 2.30 bits per heavy atom. The van der Waals surface area contributed by atoms with Crippen molar-refractivity contribution in [3.63, 3.8) is 0 Å². The second-order valence-electron chi connectivity index (χ2n) is 4.33. The first-order valence-corrected chi connectivity index (χ1v) is 7.15. The van der Waals surface area contributed by atoms with Crippen LogP contribution in [0.5, 0.6) is 5.75 Å². The van der Waals surface area contributed by atoms with E-state index in [0.717, 1.165) is 14.9 Å². The minimum Gasteiger partial charge on any atom is -0.482 e. The molecule has 1 aromatic carbocycles. The zero-order valence-electron chi connectivity index (χ0n) is 10.4. The lowest BCUT2D eigenvalue weighted by atomic mass is 10.2. The fraction of sp³-hybridized carbons (Fsp3) is 0.154. The van der Waals surface area contributed by atoms with Gasteiger partial charge in [-0.2, -0.15) is 0 Å². The first-order valence-electron chi connectivity index (χ1n) is 5.96. The molecule has 5 nitrogen and oxygen atoms in total. The number of halogens is 1. The molecule has 1 aliphatic heterocycles. The summed E-state index contributed by atoms with van der Waals surface area (Å²) in [5.41, 5.74) is 7.92. The van der Waals surface area contributed by atoms with Gasteiger partial charge in [-0.15, -0.1) is 11.3 Å². The number of ether oxygens (including phenoxy) is 1. The number of carbonyl (C=O) groups is 1. The Kier molecular flexibility index (Phi) is 3.42. The number of thiophene rings is 1. The third-order valence-corrected chi connectivity index (χ3v) is 4.10. The highest BCUT2D eigenvalue weighted by atomic mass is 35.5. The van der Waals surface area contributed by atoms with Gasteiger partial charge in [0, 0.05) is 17.5 Å². The Bertz CT molecular complexity index is 672. The van der Waals surface area contributed by atoms with E-state index in [2.05, 4.69) is 10.6 Å². The van der Waals surface area contributed by atoms with E-state index in [0.29, 0.717) is 23.7 Å². The number of nitrogen functional groups attached to an aromatic ring is 1. The molecule has 0 spiro atoms. The molecule has 2 aromatic rings. The minimum atomic E-state index is -0.168. The SMILES string of the molecule is Nc1cc2c(cc1NCc1ccc(Cl)s1)NC(=O)CO2. The third-order valence-electron chi connectivity index (χ3n) is 2.87. The number of carbonyl (C=O) groups excluding carboxylic acids is 1. The molecule has 3 rings (SSSR count). The van der Waals surface area contributed by atoms with Crippen molar-refractivity contribution >= 4 is 45.9 Å². The van der Waals surface area contributed by atoms with Gasteiger partial charge < -0.3 is 21.1 Å². The van der Waals surface area contributed by atoms with Gasteiger partial charge in [0.15, 0.2) is 6.61 Å². The average molecular weight is 310 g/mol. The molecule has 4 N–H and O–H groups in total. The van der Waals surface area contributed by atoms with Gasteiger partial charge in [-0.05, 0) is 18.2 Å². The molecule has 0 bridgehead atoms. The molecule has 0 saturated carbocycles. The lowest BCUT2D eigenvalue weighted by Crippen LogP contribution is -2.25. The highest BCUT2D eigenvalue weighted by Crippen LogP contribution is 2.35. The summed E-state index contributed by atoms with van der Waals surface area (Å²) in [7, 11) is 0. The number of hydrogen-bond acceptors (Lipinski definition) is 5. The van der Waals surface area contributed by atoms with E-state index < -0.39 is 0 Å². The van der Waals surface area contributed by atoms with Gasteiger partial charge in [-0.3, -0.25) is 4.79 Å². The smallest absolute Gasteiger partial charge is 0.262 e. The van der Waals surface area contributed by atoms with Crippen molar-refractivity contribution < 1.29 is 9.53 Å². The lowest BCUT2D eigenvalue weighted by Gasteiger charge is -2.20. The molecule has 0 unspecified atom stereocenters. The zero-order chi connectivity index (χ0) is 14.1. The molecule has 2 heterocycles. The number of amides is 1. The molecule has 20 heavy (non-hydrogen) atoms. The van der Waals surface area contributed by atoms with E-state index in [1.54, 1.807) is 12.1 Å². The fourth-order valence-electron chi connectivity index (χ4n) is 1.92. The summed E-state index contributed by atoms with van der Waals surface area (Å²) in [6.07, 6.45) is 0. The Balaban J connectivity index is 1.79. The van der Waals surface area contributed by atoms with Crippen LogP contribution in [0.15, 0.2) is 24.3 Å². The van der Waals surface area contributed by atoms with Crippen LogP contribution in [0.4, 0.5) is 17.1 Å². The van der Waals surface area contributed by atoms with Crippen LogP contribution in [0.25, 0.3) is 0 Å². The molecule has 1 amide bonds. The molecule has 0 saturated heterocycles. The van der Waals surface area contributed by atoms with Gasteiger partial charge in [0.2, 0.25) is 0 Å². The molecular formula is C13H12ClN3O2S. The topological polar surface area (TPSA) is 76.4 Å². The van der Waals surface area contributed by atoms with Crippen LogP contribution in [0.1, 0.15) is 4.88 Å². The van der Waals surface area contributed by atoms with E-state index in [1.807, 2.05) is 12.1 Å². The summed E-state index contributed by atoms with van der Waals surface area (Å²) in [4.78, 5) is 12.4. The maximum absolute atomic E-state index is 11.3. The van der Waals surface area contributed by atoms with Crippen molar-refractivity contribution in [3.8, 4) is 5.75 Å². The summed E-state index contributed by atoms with van der Waals surface area (Å²) in [5, 5.41) is 5.98. The largest absolute Gasteiger partial charge is 0.482 e. The number of hydrogen-bond donors (Lipinski definition) is 3. The second kappa shape index (κ2) is 5.22. The number of nitrogens with one attached hydrogen (secondary N) is 2. The summed E-state index contributed by atoms with van der Waals surface area (Å²) in [5.74, 6) is 0.421. The van der Waals surface area contributed by atoms with E-state index in [1.165, 1.54) is 11.3 Å². The Labute approximate surface area is 124 Å². The molecule has 104 valence electrons. The second-order valence-corrected chi connectivity index (χ2v) is 6.13. The number of benzene rings is 1. The van der Waals surface area contributed by atoms with Gasteiger partial charge in [0.1, 0.15) is 5.75 Å². The fourth-order valence-corrected chi connectivity index (χ4v) is 2.95. The monoisotopic (exact) mass is 309 g/mol. The van der Waals surface area contributed by atoms with Crippen molar-refractivity contribution in [2.24, 2.45) is 0 Å². The molecule has 1 aromatic heterocycles. The van der Waals surface area contributed by atoms with Gasteiger partial charge in [-0.25, -0.2) is 0 Å². The first-order chi connectivity index (χ1) is 9.61. The Morgan fingerprint density at radius 3 is 3.05 bits per heavy atom. The Hall–Kier alpha value is -1.92. The van der Waals surface area contributed by atoms with E-state index >= 15 is 0 Å². The highest BCUT2D eigenvalue weighted by molar-refractivity contribution is 7.16. The predicted octanol–water partition coefficient (Wildman–Crippen LogP) is 2.93. The first kappa shape index (κ1) is 13.1. The summed E-state index contributed by atoms with van der Waals surface area (Å²) < 4.78 is 6.05. The number of nitrogens with two attached hydrogens (primary N) is 1. The molecule has 1 aliphatic rings. The zero-order valence-corrected chi connectivity index (χ0v) is 12.0. The molecule has 0 radical (unpaired) electrons. The lowest BCUT2D eigenvalue weighted by molar-refractivity contribution is -0.118. The van der Waals surface area contributed by atoms with E-state index in [9.17, 15) is 4.79 Å². The number of fused-ring (bicyclic) bond motifs is 1. The molecule has 0 aliphatic carbocycles. The van der Waals surface area contributed by atoms with Gasteiger partial charge in [-0.1, -0.05) is 11.6 Å². The van der Waals surface area contributed by atoms with Gasteiger partial charge >= 0.3 is 0 Å². The maximum Gasteiger partial charge on any atom is 0.262 e. The molecule has 0 atom stereocenters. The van der Waals surface area contributed by atoms with Crippen molar-refractivity contribution in [1.82, 2.24) is 0 Å². The van der Waals surface area contributed by atoms with Crippen LogP contribution >= 0.6 is 22.9 Å². The summed E-state index contributed by atoms with van der Waals surface area (Å²) in [6.45, 7) is 0.641. The van der Waals surface area contributed by atoms with Crippen LogP contribution in [0.3, 0.4) is 0 Å². The Morgan fingerprint density at radius 1 is 1.45 bits per heavy atom. The van der Waals surface area contributed by atoms with Crippen LogP contribution in [0.2, 0.25) is 4.34 Å². The molecule has 7 heteroatoms. The predicted molar refractivity (Wildman–Crippen MR) is 81.6 cm³/mol. The third kappa shape index (κ3) is 2.66. The average Bonchev–Trinajstić information content (AvgIpc) is 2.83.